The van der Waals surface area contributed by atoms with Gasteiger partial charge in [0.2, 0.25) is 0 Å². The van der Waals surface area contributed by atoms with Gasteiger partial charge in [-0.15, -0.1) is 0 Å². The van der Waals surface area contributed by atoms with E-state index in [0.717, 1.165) is 0 Å². The van der Waals surface area contributed by atoms with Gasteiger partial charge in [0.1, 0.15) is 11.5 Å². The summed E-state index contributed by atoms with van der Waals surface area (Å²) in [5.74, 6) is -0.384. The van der Waals surface area contributed by atoms with Crippen LogP contribution in [0.25, 0.3) is 27.8 Å². The number of benzene rings is 2. The van der Waals surface area contributed by atoms with Gasteiger partial charge in [0, 0.05) is 10.6 Å². The smallest absolute Gasteiger partial charge is 0.267 e. The zero-order valence-corrected chi connectivity index (χ0v) is 11.8. The van der Waals surface area contributed by atoms with E-state index in [1.54, 1.807) is 34.8 Å². The van der Waals surface area contributed by atoms with Gasteiger partial charge in [-0.25, -0.2) is 14.1 Å². The number of halogens is 2. The van der Waals surface area contributed by atoms with Crippen molar-refractivity contribution in [3.05, 3.63) is 63.7 Å². The highest BCUT2D eigenvalue weighted by atomic mass is 35.5. The zero-order chi connectivity index (χ0) is 15.3. The highest BCUT2D eigenvalue weighted by molar-refractivity contribution is 6.31. The number of hydrogen-bond donors (Lipinski definition) is 1. The first-order valence-electron chi connectivity index (χ1n) is 6.46. The summed E-state index contributed by atoms with van der Waals surface area (Å²) in [6, 6.07) is 10.9. The minimum absolute atomic E-state index is 0.324. The standard InChI is InChI=1S/C15H8ClFN4O/c16-9-4-5-11-12(7-9)21-14(18-15(11)22)13(19-20-21)8-2-1-3-10(17)6-8/h1-7,20H. The predicted octanol–water partition coefficient (Wildman–Crippen LogP) is 3.03. The molecule has 0 saturated heterocycles. The van der Waals surface area contributed by atoms with E-state index in [9.17, 15) is 9.18 Å². The van der Waals surface area contributed by atoms with Crippen LogP contribution >= 0.6 is 11.6 Å². The molecular formula is C15H8ClFN4O. The number of H-pyrrole nitrogens is 1. The molecular weight excluding hydrogens is 307 g/mol. The molecule has 22 heavy (non-hydrogen) atoms. The zero-order valence-electron chi connectivity index (χ0n) is 11.0. The minimum atomic E-state index is -0.384. The van der Waals surface area contributed by atoms with Crippen LogP contribution < -0.4 is 5.56 Å². The van der Waals surface area contributed by atoms with Gasteiger partial charge < -0.3 is 0 Å². The van der Waals surface area contributed by atoms with Crippen LogP contribution in [0.4, 0.5) is 4.39 Å². The first-order chi connectivity index (χ1) is 10.6. The van der Waals surface area contributed by atoms with Crippen molar-refractivity contribution in [2.24, 2.45) is 0 Å². The van der Waals surface area contributed by atoms with E-state index in [0.29, 0.717) is 32.8 Å². The SMILES string of the molecule is O=c1nc2c(-c3cccc(F)c3)n[nH]n2c2cc(Cl)ccc12. The van der Waals surface area contributed by atoms with Crippen LogP contribution in [0.5, 0.6) is 0 Å². The molecule has 0 unspecified atom stereocenters. The molecule has 0 aliphatic carbocycles. The largest absolute Gasteiger partial charge is 0.281 e. The topological polar surface area (TPSA) is 63.0 Å². The van der Waals surface area contributed by atoms with Crippen LogP contribution in [0.2, 0.25) is 5.02 Å². The summed E-state index contributed by atoms with van der Waals surface area (Å²) < 4.78 is 15.0. The lowest BCUT2D eigenvalue weighted by Crippen LogP contribution is -2.10. The second kappa shape index (κ2) is 4.64. The molecule has 0 aliphatic heterocycles. The molecule has 4 rings (SSSR count). The molecule has 0 amide bonds. The van der Waals surface area contributed by atoms with E-state index in [1.165, 1.54) is 12.1 Å². The van der Waals surface area contributed by atoms with Gasteiger partial charge in [0.15, 0.2) is 5.65 Å². The number of fused-ring (bicyclic) bond motifs is 3. The maximum absolute atomic E-state index is 13.4. The molecule has 0 radical (unpaired) electrons. The normalized spacial score (nSPS) is 11.4. The third-order valence-electron chi connectivity index (χ3n) is 3.42. The van der Waals surface area contributed by atoms with Crippen LogP contribution in [-0.2, 0) is 0 Å². The Morgan fingerprint density at radius 3 is 2.86 bits per heavy atom. The molecule has 2 aromatic carbocycles. The van der Waals surface area contributed by atoms with Crippen LogP contribution in [0.3, 0.4) is 0 Å². The van der Waals surface area contributed by atoms with E-state index in [-0.39, 0.29) is 11.4 Å². The molecule has 5 nitrogen and oxygen atoms in total. The van der Waals surface area contributed by atoms with Crippen molar-refractivity contribution in [3.63, 3.8) is 0 Å². The van der Waals surface area contributed by atoms with Crippen molar-refractivity contribution in [1.29, 1.82) is 0 Å². The van der Waals surface area contributed by atoms with Crippen molar-refractivity contribution < 1.29 is 4.39 Å². The van der Waals surface area contributed by atoms with Gasteiger partial charge in [-0.05, 0) is 30.3 Å². The molecule has 4 aromatic rings. The minimum Gasteiger partial charge on any atom is -0.267 e. The summed E-state index contributed by atoms with van der Waals surface area (Å²) in [6.45, 7) is 0. The predicted molar refractivity (Wildman–Crippen MR) is 81.5 cm³/mol. The summed E-state index contributed by atoms with van der Waals surface area (Å²) in [5.41, 5.74) is 1.44. The van der Waals surface area contributed by atoms with Crippen molar-refractivity contribution in [2.45, 2.75) is 0 Å². The van der Waals surface area contributed by atoms with Crippen LogP contribution in [0, 0.1) is 5.82 Å². The third kappa shape index (κ3) is 1.88. The molecule has 2 aromatic heterocycles. The lowest BCUT2D eigenvalue weighted by Gasteiger charge is -2.01. The number of nitrogens with zero attached hydrogens (tertiary/aromatic N) is 3. The third-order valence-corrected chi connectivity index (χ3v) is 3.66. The van der Waals surface area contributed by atoms with Gasteiger partial charge in [-0.3, -0.25) is 4.79 Å². The molecule has 108 valence electrons. The number of nitrogens with one attached hydrogen (secondary N) is 1. The quantitative estimate of drug-likeness (QED) is 0.587. The highest BCUT2D eigenvalue weighted by Gasteiger charge is 2.14. The molecule has 1 N–H and O–H groups in total. The Balaban J connectivity index is 2.12. The van der Waals surface area contributed by atoms with Gasteiger partial charge >= 0.3 is 0 Å². The summed E-state index contributed by atoms with van der Waals surface area (Å²) in [4.78, 5) is 16.2. The lowest BCUT2D eigenvalue weighted by molar-refractivity contribution is 0.628. The fourth-order valence-electron chi connectivity index (χ4n) is 2.43. The molecule has 0 fully saturated rings. The molecule has 0 aliphatic rings. The van der Waals surface area contributed by atoms with Crippen LogP contribution in [0.15, 0.2) is 47.3 Å². The fourth-order valence-corrected chi connectivity index (χ4v) is 2.60. The van der Waals surface area contributed by atoms with E-state index < -0.39 is 0 Å². The van der Waals surface area contributed by atoms with Crippen molar-refractivity contribution in [2.75, 3.05) is 0 Å². The first kappa shape index (κ1) is 13.0. The Morgan fingerprint density at radius 1 is 1.18 bits per heavy atom. The maximum atomic E-state index is 13.4. The first-order valence-corrected chi connectivity index (χ1v) is 6.83. The second-order valence-corrected chi connectivity index (χ2v) is 5.24. The number of aromatic nitrogens is 4. The fraction of sp³-hybridized carbons (Fsp3) is 0. The number of rotatable bonds is 1. The van der Waals surface area contributed by atoms with Crippen LogP contribution in [-0.4, -0.2) is 19.8 Å². The molecule has 0 spiro atoms. The summed E-state index contributed by atoms with van der Waals surface area (Å²) in [5, 5.41) is 7.86. The van der Waals surface area contributed by atoms with E-state index in [2.05, 4.69) is 15.3 Å². The second-order valence-electron chi connectivity index (χ2n) is 4.81. The van der Waals surface area contributed by atoms with Crippen molar-refractivity contribution >= 4 is 28.2 Å². The Hall–Kier alpha value is -2.73. The lowest BCUT2D eigenvalue weighted by atomic mass is 10.1. The maximum Gasteiger partial charge on any atom is 0.281 e. The van der Waals surface area contributed by atoms with Gasteiger partial charge in [0.05, 0.1) is 10.9 Å². The van der Waals surface area contributed by atoms with E-state index in [4.69, 9.17) is 11.6 Å². The van der Waals surface area contributed by atoms with Crippen molar-refractivity contribution in [3.8, 4) is 11.3 Å². The number of aromatic amines is 1. The average Bonchev–Trinajstić information content (AvgIpc) is 2.91. The summed E-state index contributed by atoms with van der Waals surface area (Å²) in [6.07, 6.45) is 0. The number of hydrogen-bond acceptors (Lipinski definition) is 3. The average molecular weight is 315 g/mol. The molecule has 2 heterocycles. The van der Waals surface area contributed by atoms with Gasteiger partial charge in [-0.1, -0.05) is 23.7 Å². The van der Waals surface area contributed by atoms with Crippen molar-refractivity contribution in [1.82, 2.24) is 19.8 Å². The molecule has 0 atom stereocenters. The Kier molecular flexibility index (Phi) is 2.74. The van der Waals surface area contributed by atoms with E-state index >= 15 is 0 Å². The van der Waals surface area contributed by atoms with Gasteiger partial charge in [-0.2, -0.15) is 10.1 Å². The summed E-state index contributed by atoms with van der Waals surface area (Å²) >= 11 is 6.00. The van der Waals surface area contributed by atoms with Gasteiger partial charge in [0.25, 0.3) is 5.56 Å². The molecule has 7 heteroatoms. The highest BCUT2D eigenvalue weighted by Crippen LogP contribution is 2.24. The Bertz CT molecular complexity index is 1090. The van der Waals surface area contributed by atoms with Crippen LogP contribution in [0.1, 0.15) is 0 Å². The summed E-state index contributed by atoms with van der Waals surface area (Å²) in [7, 11) is 0. The molecule has 0 bridgehead atoms. The Morgan fingerprint density at radius 2 is 2.05 bits per heavy atom. The van der Waals surface area contributed by atoms with E-state index in [1.807, 2.05) is 0 Å². The Labute approximate surface area is 128 Å². The molecule has 0 saturated carbocycles. The monoisotopic (exact) mass is 314 g/mol.